The number of hydrogen-bond acceptors (Lipinski definition) is 3. The van der Waals surface area contributed by atoms with Gasteiger partial charge >= 0.3 is 0 Å². The van der Waals surface area contributed by atoms with Crippen molar-refractivity contribution in [1.29, 1.82) is 0 Å². The molecule has 0 aliphatic carbocycles. The first-order valence-electron chi connectivity index (χ1n) is 4.61. The Bertz CT molecular complexity index is 431. The molecule has 1 heterocycles. The van der Waals surface area contributed by atoms with Gasteiger partial charge in [0.1, 0.15) is 5.82 Å². The summed E-state index contributed by atoms with van der Waals surface area (Å²) in [7, 11) is 0. The fourth-order valence-electron chi connectivity index (χ4n) is 1.22. The van der Waals surface area contributed by atoms with Crippen molar-refractivity contribution in [1.82, 2.24) is 9.97 Å². The molecule has 0 aliphatic rings. The van der Waals surface area contributed by atoms with Gasteiger partial charge in [0.05, 0.1) is 0 Å². The van der Waals surface area contributed by atoms with Crippen LogP contribution in [0.3, 0.4) is 0 Å². The van der Waals surface area contributed by atoms with Crippen LogP contribution < -0.4 is 5.32 Å². The first-order valence-corrected chi connectivity index (χ1v) is 5.40. The second-order valence-corrected chi connectivity index (χ2v) is 3.76. The molecule has 0 fully saturated rings. The molecule has 1 aromatic heterocycles. The van der Waals surface area contributed by atoms with Gasteiger partial charge in [-0.3, -0.25) is 0 Å². The van der Waals surface area contributed by atoms with Crippen LogP contribution in [-0.2, 0) is 6.54 Å². The van der Waals surface area contributed by atoms with Crippen molar-refractivity contribution in [2.75, 3.05) is 5.32 Å². The Kier molecular flexibility index (Phi) is 3.29. The fraction of sp³-hybridized carbons (Fsp3) is 0.0909. The Balaban J connectivity index is 1.99. The summed E-state index contributed by atoms with van der Waals surface area (Å²) >= 11 is 3.23. The van der Waals surface area contributed by atoms with Crippen molar-refractivity contribution in [3.8, 4) is 0 Å². The molecule has 0 amide bonds. The number of aromatic nitrogens is 2. The second-order valence-electron chi connectivity index (χ2n) is 3.05. The first-order chi connectivity index (χ1) is 7.34. The Hall–Kier alpha value is -1.42. The maximum atomic E-state index is 4.18. The van der Waals surface area contributed by atoms with Crippen molar-refractivity contribution in [2.45, 2.75) is 6.54 Å². The first kappa shape index (κ1) is 10.1. The van der Waals surface area contributed by atoms with Gasteiger partial charge in [0.15, 0.2) is 4.73 Å². The molecule has 0 saturated heterocycles. The summed E-state index contributed by atoms with van der Waals surface area (Å²) in [4.78, 5) is 8.14. The molecule has 76 valence electrons. The van der Waals surface area contributed by atoms with E-state index in [1.54, 1.807) is 6.20 Å². The lowest BCUT2D eigenvalue weighted by atomic mass is 10.2. The Labute approximate surface area is 96.7 Å². The largest absolute Gasteiger partial charge is 0.366 e. The summed E-state index contributed by atoms with van der Waals surface area (Å²) in [5.74, 6) is 0.820. The van der Waals surface area contributed by atoms with Crippen LogP contribution in [0.5, 0.6) is 0 Å². The van der Waals surface area contributed by atoms with E-state index in [-0.39, 0.29) is 0 Å². The summed E-state index contributed by atoms with van der Waals surface area (Å²) < 4.78 is 0.598. The lowest BCUT2D eigenvalue weighted by Crippen LogP contribution is -2.01. The molecule has 4 heteroatoms. The van der Waals surface area contributed by atoms with Gasteiger partial charge in [0, 0.05) is 12.7 Å². The lowest BCUT2D eigenvalue weighted by molar-refractivity contribution is 1.06. The molecule has 1 aromatic carbocycles. The Morgan fingerprint density at radius 2 is 1.93 bits per heavy atom. The number of hydrogen-bond donors (Lipinski definition) is 1. The highest BCUT2D eigenvalue weighted by Crippen LogP contribution is 2.08. The van der Waals surface area contributed by atoms with Crippen LogP contribution >= 0.6 is 15.9 Å². The van der Waals surface area contributed by atoms with Crippen molar-refractivity contribution < 1.29 is 0 Å². The summed E-state index contributed by atoms with van der Waals surface area (Å²) in [6.07, 6.45) is 1.71. The van der Waals surface area contributed by atoms with Crippen LogP contribution in [0, 0.1) is 0 Å². The van der Waals surface area contributed by atoms with E-state index >= 15 is 0 Å². The third-order valence-electron chi connectivity index (χ3n) is 1.94. The van der Waals surface area contributed by atoms with Crippen molar-refractivity contribution in [2.24, 2.45) is 0 Å². The summed E-state index contributed by atoms with van der Waals surface area (Å²) in [5, 5.41) is 3.22. The van der Waals surface area contributed by atoms with E-state index in [0.717, 1.165) is 12.4 Å². The fourth-order valence-corrected chi connectivity index (χ4v) is 1.53. The van der Waals surface area contributed by atoms with Crippen LogP contribution in [0.1, 0.15) is 5.56 Å². The maximum Gasteiger partial charge on any atom is 0.198 e. The average molecular weight is 264 g/mol. The lowest BCUT2D eigenvalue weighted by Gasteiger charge is -2.04. The zero-order valence-electron chi connectivity index (χ0n) is 8.02. The number of anilines is 1. The van der Waals surface area contributed by atoms with E-state index in [0.29, 0.717) is 4.73 Å². The van der Waals surface area contributed by atoms with Gasteiger partial charge in [-0.05, 0) is 27.6 Å². The number of nitrogens with one attached hydrogen (secondary N) is 1. The molecular weight excluding hydrogens is 254 g/mol. The third-order valence-corrected chi connectivity index (χ3v) is 2.32. The molecule has 3 nitrogen and oxygen atoms in total. The van der Waals surface area contributed by atoms with Gasteiger partial charge in [-0.15, -0.1) is 0 Å². The maximum absolute atomic E-state index is 4.18. The quantitative estimate of drug-likeness (QED) is 0.866. The number of nitrogens with zero attached hydrogens (tertiary/aromatic N) is 2. The van der Waals surface area contributed by atoms with Crippen LogP contribution in [0.2, 0.25) is 0 Å². The highest BCUT2D eigenvalue weighted by molar-refractivity contribution is 9.10. The SMILES string of the molecule is Brc1nccc(NCc2ccccc2)n1. The molecule has 0 unspecified atom stereocenters. The molecule has 15 heavy (non-hydrogen) atoms. The molecular formula is C11H10BrN3. The molecule has 2 aromatic rings. The van der Waals surface area contributed by atoms with Crippen molar-refractivity contribution in [3.63, 3.8) is 0 Å². The van der Waals surface area contributed by atoms with Crippen LogP contribution in [0.25, 0.3) is 0 Å². The minimum absolute atomic E-state index is 0.598. The molecule has 1 N–H and O–H groups in total. The zero-order chi connectivity index (χ0) is 10.5. The Morgan fingerprint density at radius 1 is 1.13 bits per heavy atom. The van der Waals surface area contributed by atoms with Gasteiger partial charge in [0.25, 0.3) is 0 Å². The number of benzene rings is 1. The molecule has 0 spiro atoms. The van der Waals surface area contributed by atoms with E-state index in [1.165, 1.54) is 5.56 Å². The monoisotopic (exact) mass is 263 g/mol. The second kappa shape index (κ2) is 4.89. The van der Waals surface area contributed by atoms with E-state index in [1.807, 2.05) is 24.3 Å². The standard InChI is InChI=1S/C11H10BrN3/c12-11-13-7-6-10(15-11)14-8-9-4-2-1-3-5-9/h1-7H,8H2,(H,13,14,15). The molecule has 0 saturated carbocycles. The normalized spacial score (nSPS) is 9.93. The zero-order valence-corrected chi connectivity index (χ0v) is 9.61. The van der Waals surface area contributed by atoms with Crippen LogP contribution in [-0.4, -0.2) is 9.97 Å². The Morgan fingerprint density at radius 3 is 2.67 bits per heavy atom. The van der Waals surface area contributed by atoms with Crippen molar-refractivity contribution >= 4 is 21.7 Å². The van der Waals surface area contributed by atoms with E-state index in [4.69, 9.17) is 0 Å². The van der Waals surface area contributed by atoms with Gasteiger partial charge in [0.2, 0.25) is 0 Å². The number of halogens is 1. The summed E-state index contributed by atoms with van der Waals surface area (Å²) in [5.41, 5.74) is 1.23. The van der Waals surface area contributed by atoms with E-state index in [9.17, 15) is 0 Å². The smallest absolute Gasteiger partial charge is 0.198 e. The minimum Gasteiger partial charge on any atom is -0.366 e. The topological polar surface area (TPSA) is 37.8 Å². The van der Waals surface area contributed by atoms with Gasteiger partial charge < -0.3 is 5.32 Å². The molecule has 0 bridgehead atoms. The summed E-state index contributed by atoms with van der Waals surface area (Å²) in [6.45, 7) is 0.768. The van der Waals surface area contributed by atoms with Gasteiger partial charge in [-0.1, -0.05) is 30.3 Å². The van der Waals surface area contributed by atoms with Crippen LogP contribution in [0.4, 0.5) is 5.82 Å². The van der Waals surface area contributed by atoms with E-state index in [2.05, 4.69) is 43.3 Å². The van der Waals surface area contributed by atoms with Crippen molar-refractivity contribution in [3.05, 3.63) is 52.9 Å². The van der Waals surface area contributed by atoms with E-state index < -0.39 is 0 Å². The molecule has 2 rings (SSSR count). The van der Waals surface area contributed by atoms with Gasteiger partial charge in [-0.25, -0.2) is 9.97 Å². The molecule has 0 atom stereocenters. The van der Waals surface area contributed by atoms with Gasteiger partial charge in [-0.2, -0.15) is 0 Å². The van der Waals surface area contributed by atoms with Crippen LogP contribution in [0.15, 0.2) is 47.3 Å². The predicted molar refractivity (Wildman–Crippen MR) is 63.5 cm³/mol. The molecule has 0 radical (unpaired) electrons. The molecule has 0 aliphatic heterocycles. The highest BCUT2D eigenvalue weighted by Gasteiger charge is 1.95. The third kappa shape index (κ3) is 3.02. The highest BCUT2D eigenvalue weighted by atomic mass is 79.9. The minimum atomic E-state index is 0.598. The summed E-state index contributed by atoms with van der Waals surface area (Å²) in [6, 6.07) is 12.0. The average Bonchev–Trinajstić information content (AvgIpc) is 2.28. The number of rotatable bonds is 3. The predicted octanol–water partition coefficient (Wildman–Crippen LogP) is 2.85.